The van der Waals surface area contributed by atoms with Crippen LogP contribution in [0.5, 0.6) is 5.75 Å². The van der Waals surface area contributed by atoms with Crippen LogP contribution >= 0.6 is 11.8 Å². The summed E-state index contributed by atoms with van der Waals surface area (Å²) in [6.07, 6.45) is 0.674. The predicted octanol–water partition coefficient (Wildman–Crippen LogP) is 4.30. The molecule has 0 spiro atoms. The van der Waals surface area contributed by atoms with Crippen molar-refractivity contribution in [2.45, 2.75) is 45.0 Å². The molecule has 0 aliphatic rings. The number of H-pyrrole nitrogens is 1. The maximum absolute atomic E-state index is 12.1. The number of benzene rings is 1. The molecule has 27 heavy (non-hydrogen) atoms. The minimum atomic E-state index is -0.0700. The lowest BCUT2D eigenvalue weighted by atomic mass is 10.2. The Bertz CT molecular complexity index is 977. The van der Waals surface area contributed by atoms with Gasteiger partial charge >= 0.3 is 0 Å². The van der Waals surface area contributed by atoms with E-state index in [1.54, 1.807) is 0 Å². The third-order valence-electron chi connectivity index (χ3n) is 4.20. The van der Waals surface area contributed by atoms with Crippen LogP contribution in [0.3, 0.4) is 0 Å². The van der Waals surface area contributed by atoms with Crippen LogP contribution in [0.4, 0.5) is 0 Å². The zero-order valence-electron chi connectivity index (χ0n) is 16.0. The minimum Gasteiger partial charge on any atom is -0.494 e. The van der Waals surface area contributed by atoms with Gasteiger partial charge in [-0.2, -0.15) is 0 Å². The molecule has 0 bridgehead atoms. The highest BCUT2D eigenvalue weighted by atomic mass is 32.2. The Morgan fingerprint density at radius 3 is 2.52 bits per heavy atom. The van der Waals surface area contributed by atoms with Crippen molar-refractivity contribution in [3.05, 3.63) is 57.3 Å². The number of hydrogen-bond acceptors (Lipinski definition) is 6. The summed E-state index contributed by atoms with van der Waals surface area (Å²) in [4.78, 5) is 24.0. The van der Waals surface area contributed by atoms with Crippen LogP contribution < -0.4 is 10.3 Å². The molecule has 0 radical (unpaired) electrons. The van der Waals surface area contributed by atoms with Crippen molar-refractivity contribution in [1.82, 2.24) is 15.0 Å². The third kappa shape index (κ3) is 4.42. The van der Waals surface area contributed by atoms with Crippen LogP contribution in [0.25, 0.3) is 11.5 Å². The van der Waals surface area contributed by atoms with Gasteiger partial charge in [0.25, 0.3) is 5.56 Å². The first-order chi connectivity index (χ1) is 13.0. The van der Waals surface area contributed by atoms with Crippen molar-refractivity contribution in [3.63, 3.8) is 0 Å². The number of aromatic nitrogens is 3. The SMILES string of the molecule is CCOc1ccc(-c2nc(CSc3nc(C)c(CC)c(=O)[nH]3)c(C)o2)cc1. The van der Waals surface area contributed by atoms with Gasteiger partial charge in [0.05, 0.1) is 12.3 Å². The first kappa shape index (κ1) is 19.2. The topological polar surface area (TPSA) is 81.0 Å². The lowest BCUT2D eigenvalue weighted by Gasteiger charge is -2.04. The standard InChI is InChI=1S/C20H23N3O3S/c1-5-16-12(3)21-20(23-18(16)24)27-11-17-13(4)26-19(22-17)14-7-9-15(10-8-14)25-6-2/h7-10H,5-6,11H2,1-4H3,(H,21,23,24). The van der Waals surface area contributed by atoms with E-state index in [1.807, 2.05) is 52.0 Å². The van der Waals surface area contributed by atoms with Crippen LogP contribution in [0.2, 0.25) is 0 Å². The quantitative estimate of drug-likeness (QED) is 0.482. The summed E-state index contributed by atoms with van der Waals surface area (Å²) in [6, 6.07) is 7.66. The van der Waals surface area contributed by atoms with E-state index in [2.05, 4.69) is 15.0 Å². The van der Waals surface area contributed by atoms with E-state index in [4.69, 9.17) is 9.15 Å². The molecule has 0 fully saturated rings. The molecule has 1 aromatic carbocycles. The van der Waals surface area contributed by atoms with Gasteiger partial charge in [-0.1, -0.05) is 18.7 Å². The Labute approximate surface area is 162 Å². The van der Waals surface area contributed by atoms with Gasteiger partial charge in [-0.15, -0.1) is 0 Å². The summed E-state index contributed by atoms with van der Waals surface area (Å²) in [5.74, 6) is 2.72. The smallest absolute Gasteiger partial charge is 0.254 e. The maximum Gasteiger partial charge on any atom is 0.254 e. The Morgan fingerprint density at radius 1 is 1.15 bits per heavy atom. The molecule has 0 atom stereocenters. The van der Waals surface area contributed by atoms with Gasteiger partial charge in [0.2, 0.25) is 5.89 Å². The Hall–Kier alpha value is -2.54. The Kier molecular flexibility index (Phi) is 6.01. The molecule has 7 heteroatoms. The van der Waals surface area contributed by atoms with Crippen LogP contribution in [0, 0.1) is 13.8 Å². The molecule has 0 saturated heterocycles. The highest BCUT2D eigenvalue weighted by Gasteiger charge is 2.13. The normalized spacial score (nSPS) is 11.0. The van der Waals surface area contributed by atoms with Crippen molar-refractivity contribution in [3.8, 4) is 17.2 Å². The summed E-state index contributed by atoms with van der Waals surface area (Å²) < 4.78 is 11.3. The molecule has 3 rings (SSSR count). The highest BCUT2D eigenvalue weighted by Crippen LogP contribution is 2.27. The largest absolute Gasteiger partial charge is 0.494 e. The third-order valence-corrected chi connectivity index (χ3v) is 5.09. The predicted molar refractivity (Wildman–Crippen MR) is 106 cm³/mol. The Balaban J connectivity index is 1.74. The molecule has 0 aliphatic carbocycles. The molecule has 2 heterocycles. The number of thioether (sulfide) groups is 1. The summed E-state index contributed by atoms with van der Waals surface area (Å²) >= 11 is 1.44. The molecule has 0 aliphatic heterocycles. The van der Waals surface area contributed by atoms with Gasteiger partial charge in [0.15, 0.2) is 5.16 Å². The number of ether oxygens (including phenoxy) is 1. The average molecular weight is 385 g/mol. The molecule has 142 valence electrons. The number of aromatic amines is 1. The molecule has 6 nitrogen and oxygen atoms in total. The maximum atomic E-state index is 12.1. The summed E-state index contributed by atoms with van der Waals surface area (Å²) in [6.45, 7) is 8.29. The van der Waals surface area contributed by atoms with Gasteiger partial charge in [-0.3, -0.25) is 4.79 Å². The van der Waals surface area contributed by atoms with E-state index in [0.29, 0.717) is 29.8 Å². The minimum absolute atomic E-state index is 0.0700. The molecule has 1 N–H and O–H groups in total. The number of nitrogens with one attached hydrogen (secondary N) is 1. The van der Waals surface area contributed by atoms with E-state index in [0.717, 1.165) is 34.0 Å². The molecule has 0 unspecified atom stereocenters. The van der Waals surface area contributed by atoms with E-state index in [9.17, 15) is 4.79 Å². The molecular formula is C20H23N3O3S. The first-order valence-electron chi connectivity index (χ1n) is 8.94. The lowest BCUT2D eigenvalue weighted by Crippen LogP contribution is -2.16. The number of aryl methyl sites for hydroxylation is 2. The number of hydrogen-bond donors (Lipinski definition) is 1. The van der Waals surface area contributed by atoms with Crippen molar-refractivity contribution in [1.29, 1.82) is 0 Å². The zero-order chi connectivity index (χ0) is 19.4. The fraction of sp³-hybridized carbons (Fsp3) is 0.350. The van der Waals surface area contributed by atoms with Gasteiger partial charge < -0.3 is 14.1 Å². The monoisotopic (exact) mass is 385 g/mol. The van der Waals surface area contributed by atoms with Crippen LogP contribution in [0.15, 0.2) is 38.6 Å². The molecular weight excluding hydrogens is 362 g/mol. The fourth-order valence-electron chi connectivity index (χ4n) is 2.75. The molecule has 0 amide bonds. The van der Waals surface area contributed by atoms with E-state index in [-0.39, 0.29) is 5.56 Å². The summed E-state index contributed by atoms with van der Waals surface area (Å²) in [7, 11) is 0. The van der Waals surface area contributed by atoms with Crippen molar-refractivity contribution in [2.24, 2.45) is 0 Å². The number of rotatable bonds is 7. The van der Waals surface area contributed by atoms with Gasteiger partial charge in [-0.05, 0) is 51.5 Å². The average Bonchev–Trinajstić information content (AvgIpc) is 3.01. The second-order valence-corrected chi connectivity index (χ2v) is 7.02. The highest BCUT2D eigenvalue weighted by molar-refractivity contribution is 7.98. The van der Waals surface area contributed by atoms with Crippen molar-refractivity contribution in [2.75, 3.05) is 6.61 Å². The number of nitrogens with zero attached hydrogens (tertiary/aromatic N) is 2. The molecule has 3 aromatic rings. The van der Waals surface area contributed by atoms with Crippen LogP contribution in [-0.4, -0.2) is 21.6 Å². The van der Waals surface area contributed by atoms with Crippen molar-refractivity contribution >= 4 is 11.8 Å². The van der Waals surface area contributed by atoms with E-state index >= 15 is 0 Å². The number of oxazole rings is 1. The van der Waals surface area contributed by atoms with Crippen LogP contribution in [-0.2, 0) is 12.2 Å². The van der Waals surface area contributed by atoms with Gasteiger partial charge in [0.1, 0.15) is 11.5 Å². The zero-order valence-corrected chi connectivity index (χ0v) is 16.8. The summed E-state index contributed by atoms with van der Waals surface area (Å²) in [5.41, 5.74) is 3.17. The van der Waals surface area contributed by atoms with E-state index in [1.165, 1.54) is 11.8 Å². The van der Waals surface area contributed by atoms with Gasteiger partial charge in [0, 0.05) is 22.6 Å². The van der Waals surface area contributed by atoms with Crippen LogP contribution in [0.1, 0.15) is 36.6 Å². The second-order valence-electron chi connectivity index (χ2n) is 6.06. The second kappa shape index (κ2) is 8.43. The molecule has 0 saturated carbocycles. The lowest BCUT2D eigenvalue weighted by molar-refractivity contribution is 0.340. The molecule has 2 aromatic heterocycles. The summed E-state index contributed by atoms with van der Waals surface area (Å²) in [5, 5.41) is 0.597. The van der Waals surface area contributed by atoms with E-state index < -0.39 is 0 Å². The van der Waals surface area contributed by atoms with Crippen molar-refractivity contribution < 1.29 is 9.15 Å². The first-order valence-corrected chi connectivity index (χ1v) is 9.92. The van der Waals surface area contributed by atoms with Gasteiger partial charge in [-0.25, -0.2) is 9.97 Å². The fourth-order valence-corrected chi connectivity index (χ4v) is 3.66. The Morgan fingerprint density at radius 2 is 1.89 bits per heavy atom.